The number of carbonyl (C=O) groups is 1. The maximum absolute atomic E-state index is 13.0. The molecule has 0 atom stereocenters. The van der Waals surface area contributed by atoms with Gasteiger partial charge in [-0.2, -0.15) is 0 Å². The van der Waals surface area contributed by atoms with Crippen molar-refractivity contribution in [2.24, 2.45) is 0 Å². The largest absolute Gasteiger partial charge is 0.493 e. The number of hydrogen-bond acceptors (Lipinski definition) is 8. The van der Waals surface area contributed by atoms with E-state index < -0.39 is 16.0 Å². The average Bonchev–Trinajstić information content (AvgIpc) is 3.14. The zero-order chi connectivity index (χ0) is 20.3. The van der Waals surface area contributed by atoms with Gasteiger partial charge in [0.2, 0.25) is 6.79 Å². The second-order valence-corrected chi connectivity index (χ2v) is 7.39. The molecule has 1 aliphatic rings. The molecule has 1 heterocycles. The third-order valence-electron chi connectivity index (χ3n) is 4.04. The molecule has 1 aliphatic heterocycles. The van der Waals surface area contributed by atoms with E-state index in [0.717, 1.165) is 0 Å². The smallest absolute Gasteiger partial charge is 0.310 e. The van der Waals surface area contributed by atoms with Crippen LogP contribution in [0.4, 0.5) is 5.69 Å². The summed E-state index contributed by atoms with van der Waals surface area (Å²) in [5.41, 5.74) is 0.487. The van der Waals surface area contributed by atoms with Crippen molar-refractivity contribution in [2.75, 3.05) is 32.8 Å². The van der Waals surface area contributed by atoms with Crippen molar-refractivity contribution >= 4 is 21.7 Å². The van der Waals surface area contributed by atoms with E-state index in [2.05, 4.69) is 9.46 Å². The number of methoxy groups -OCH3 is 3. The molecular formula is C18H19NO8S. The Morgan fingerprint density at radius 3 is 2.39 bits per heavy atom. The monoisotopic (exact) mass is 409 g/mol. The van der Waals surface area contributed by atoms with Crippen molar-refractivity contribution in [3.05, 3.63) is 35.9 Å². The van der Waals surface area contributed by atoms with Crippen LogP contribution in [0.15, 0.2) is 35.2 Å². The molecule has 0 aromatic heterocycles. The highest BCUT2D eigenvalue weighted by molar-refractivity contribution is 7.92. The summed E-state index contributed by atoms with van der Waals surface area (Å²) >= 11 is 0. The number of nitrogens with one attached hydrogen (secondary N) is 1. The van der Waals surface area contributed by atoms with Gasteiger partial charge in [-0.3, -0.25) is 9.52 Å². The van der Waals surface area contributed by atoms with Crippen LogP contribution in [-0.2, 0) is 26.0 Å². The minimum absolute atomic E-state index is 0.0739. The molecule has 10 heteroatoms. The van der Waals surface area contributed by atoms with Gasteiger partial charge < -0.3 is 23.7 Å². The summed E-state index contributed by atoms with van der Waals surface area (Å²) in [6.45, 7) is 0.0739. The Kier molecular flexibility index (Phi) is 5.50. The maximum atomic E-state index is 13.0. The number of carbonyl (C=O) groups excluding carboxylic acids is 1. The zero-order valence-electron chi connectivity index (χ0n) is 15.5. The van der Waals surface area contributed by atoms with Gasteiger partial charge in [0, 0.05) is 12.1 Å². The fourth-order valence-corrected chi connectivity index (χ4v) is 3.97. The van der Waals surface area contributed by atoms with Gasteiger partial charge in [0.1, 0.15) is 0 Å². The van der Waals surface area contributed by atoms with Crippen LogP contribution in [0.1, 0.15) is 5.56 Å². The van der Waals surface area contributed by atoms with Crippen LogP contribution >= 0.6 is 0 Å². The number of benzene rings is 2. The Labute approximate surface area is 162 Å². The lowest BCUT2D eigenvalue weighted by molar-refractivity contribution is -0.139. The maximum Gasteiger partial charge on any atom is 0.310 e. The first-order valence-corrected chi connectivity index (χ1v) is 9.60. The van der Waals surface area contributed by atoms with Gasteiger partial charge in [-0.25, -0.2) is 8.42 Å². The molecule has 0 radical (unpaired) electrons. The predicted octanol–water partition coefficient (Wildman–Crippen LogP) is 1.95. The Hall–Kier alpha value is -3.14. The second kappa shape index (κ2) is 7.85. The average molecular weight is 409 g/mol. The van der Waals surface area contributed by atoms with Crippen LogP contribution in [0.25, 0.3) is 0 Å². The molecule has 0 aliphatic carbocycles. The summed E-state index contributed by atoms with van der Waals surface area (Å²) in [6.07, 6.45) is -0.256. The molecule has 0 saturated heterocycles. The highest BCUT2D eigenvalue weighted by Gasteiger charge is 2.25. The van der Waals surface area contributed by atoms with Gasteiger partial charge in [0.25, 0.3) is 10.0 Å². The Morgan fingerprint density at radius 2 is 1.71 bits per heavy atom. The first kappa shape index (κ1) is 19.6. The number of fused-ring (bicyclic) bond motifs is 1. The molecule has 150 valence electrons. The van der Waals surface area contributed by atoms with Gasteiger partial charge in [-0.1, -0.05) is 0 Å². The molecule has 2 aromatic rings. The molecule has 9 nitrogen and oxygen atoms in total. The predicted molar refractivity (Wildman–Crippen MR) is 98.6 cm³/mol. The standard InChI is InChI=1S/C18H19NO8S/c1-23-14-6-11(7-18(20)25-3)17(9-15(14)24-2)28(21,22)19-12-4-5-13-16(8-12)27-10-26-13/h4-6,8-9,19H,7,10H2,1-3H3. The molecule has 2 aromatic carbocycles. The summed E-state index contributed by atoms with van der Waals surface area (Å²) in [5, 5.41) is 0. The van der Waals surface area contributed by atoms with Crippen LogP contribution in [0.3, 0.4) is 0 Å². The van der Waals surface area contributed by atoms with Crippen LogP contribution < -0.4 is 23.7 Å². The summed E-state index contributed by atoms with van der Waals surface area (Å²) in [6, 6.07) is 7.40. The summed E-state index contributed by atoms with van der Waals surface area (Å²) < 4.78 is 54.1. The normalized spacial score (nSPS) is 12.4. The lowest BCUT2D eigenvalue weighted by Crippen LogP contribution is -2.17. The number of esters is 1. The number of rotatable bonds is 7. The molecule has 0 bridgehead atoms. The molecule has 3 rings (SSSR count). The number of sulfonamides is 1. The topological polar surface area (TPSA) is 109 Å². The molecule has 0 fully saturated rings. The Balaban J connectivity index is 2.02. The van der Waals surface area contributed by atoms with Gasteiger partial charge in [-0.05, 0) is 23.8 Å². The van der Waals surface area contributed by atoms with E-state index in [-0.39, 0.29) is 35.1 Å². The van der Waals surface area contributed by atoms with E-state index in [0.29, 0.717) is 17.2 Å². The fourth-order valence-electron chi connectivity index (χ4n) is 2.69. The van der Waals surface area contributed by atoms with E-state index in [1.165, 1.54) is 39.5 Å². The molecule has 1 N–H and O–H groups in total. The summed E-state index contributed by atoms with van der Waals surface area (Å²) in [4.78, 5) is 11.6. The van der Waals surface area contributed by atoms with Gasteiger partial charge in [-0.15, -0.1) is 0 Å². The van der Waals surface area contributed by atoms with E-state index in [4.69, 9.17) is 18.9 Å². The Bertz CT molecular complexity index is 1000. The highest BCUT2D eigenvalue weighted by atomic mass is 32.2. The van der Waals surface area contributed by atoms with Crippen molar-refractivity contribution in [3.63, 3.8) is 0 Å². The summed E-state index contributed by atoms with van der Waals surface area (Å²) in [7, 11) is -0.0343. The zero-order valence-corrected chi connectivity index (χ0v) is 16.3. The number of anilines is 1. The quantitative estimate of drug-likeness (QED) is 0.691. The number of ether oxygens (including phenoxy) is 5. The molecule has 0 spiro atoms. The minimum Gasteiger partial charge on any atom is -0.493 e. The van der Waals surface area contributed by atoms with Crippen molar-refractivity contribution < 1.29 is 36.9 Å². The van der Waals surface area contributed by atoms with Crippen molar-refractivity contribution in [2.45, 2.75) is 11.3 Å². The van der Waals surface area contributed by atoms with Gasteiger partial charge in [0.05, 0.1) is 38.3 Å². The van der Waals surface area contributed by atoms with Crippen LogP contribution in [-0.4, -0.2) is 42.5 Å². The van der Waals surface area contributed by atoms with Crippen molar-refractivity contribution in [3.8, 4) is 23.0 Å². The van der Waals surface area contributed by atoms with Crippen LogP contribution in [0.5, 0.6) is 23.0 Å². The van der Waals surface area contributed by atoms with E-state index in [1.54, 1.807) is 12.1 Å². The van der Waals surface area contributed by atoms with Crippen molar-refractivity contribution in [1.82, 2.24) is 0 Å². The highest BCUT2D eigenvalue weighted by Crippen LogP contribution is 2.37. The summed E-state index contributed by atoms with van der Waals surface area (Å²) in [5.74, 6) is 0.875. The van der Waals surface area contributed by atoms with E-state index in [9.17, 15) is 13.2 Å². The first-order chi connectivity index (χ1) is 13.4. The van der Waals surface area contributed by atoms with Crippen LogP contribution in [0, 0.1) is 0 Å². The molecule has 0 unspecified atom stereocenters. The minimum atomic E-state index is -4.06. The molecule has 0 amide bonds. The molecule has 28 heavy (non-hydrogen) atoms. The van der Waals surface area contributed by atoms with Gasteiger partial charge >= 0.3 is 5.97 Å². The Morgan fingerprint density at radius 1 is 1.04 bits per heavy atom. The van der Waals surface area contributed by atoms with E-state index in [1.807, 2.05) is 0 Å². The SMILES string of the molecule is COC(=O)Cc1cc(OC)c(OC)cc1S(=O)(=O)Nc1ccc2c(c1)OCO2. The first-order valence-electron chi connectivity index (χ1n) is 8.12. The third kappa shape index (κ3) is 3.91. The third-order valence-corrected chi connectivity index (χ3v) is 5.51. The van der Waals surface area contributed by atoms with Crippen molar-refractivity contribution in [1.29, 1.82) is 0 Å². The lowest BCUT2D eigenvalue weighted by Gasteiger charge is -2.16. The molecular weight excluding hydrogens is 390 g/mol. The van der Waals surface area contributed by atoms with E-state index >= 15 is 0 Å². The van der Waals surface area contributed by atoms with Gasteiger partial charge in [0.15, 0.2) is 23.0 Å². The van der Waals surface area contributed by atoms with Crippen LogP contribution in [0.2, 0.25) is 0 Å². The lowest BCUT2D eigenvalue weighted by atomic mass is 10.1. The number of hydrogen-bond donors (Lipinski definition) is 1. The fraction of sp³-hybridized carbons (Fsp3) is 0.278. The second-order valence-electron chi connectivity index (χ2n) is 5.74. The molecule has 0 saturated carbocycles.